The molecular formula is C26H31F3N2O5Si. The lowest BCUT2D eigenvalue weighted by Gasteiger charge is -2.36. The second-order valence-corrected chi connectivity index (χ2v) is 15.0. The summed E-state index contributed by atoms with van der Waals surface area (Å²) in [4.78, 5) is 38.7. The summed E-state index contributed by atoms with van der Waals surface area (Å²) in [5.74, 6) is -2.16. The van der Waals surface area contributed by atoms with Gasteiger partial charge in [0.2, 0.25) is 5.91 Å². The minimum Gasteiger partial charge on any atom is -0.488 e. The van der Waals surface area contributed by atoms with E-state index >= 15 is 0 Å². The molecule has 1 unspecified atom stereocenters. The lowest BCUT2D eigenvalue weighted by Crippen LogP contribution is -2.45. The summed E-state index contributed by atoms with van der Waals surface area (Å²) in [6.45, 7) is 5.43. The summed E-state index contributed by atoms with van der Waals surface area (Å²) in [6, 6.07) is 8.08. The molecule has 0 radical (unpaired) electrons. The average Bonchev–Trinajstić information content (AvgIpc) is 2.80. The minimum absolute atomic E-state index is 0.0550. The number of halogens is 3. The number of carbonyl (C=O) groups is 3. The normalized spacial score (nSPS) is 15.3. The fraction of sp³-hybridized carbons (Fsp3) is 0.423. The van der Waals surface area contributed by atoms with E-state index in [4.69, 9.17) is 9.84 Å². The first kappa shape index (κ1) is 28.2. The molecule has 7 nitrogen and oxygen atoms in total. The Morgan fingerprint density at radius 2 is 1.86 bits per heavy atom. The van der Waals surface area contributed by atoms with Crippen LogP contribution >= 0.6 is 0 Å². The average molecular weight is 537 g/mol. The van der Waals surface area contributed by atoms with Crippen molar-refractivity contribution in [3.8, 4) is 5.75 Å². The van der Waals surface area contributed by atoms with E-state index in [0.29, 0.717) is 22.7 Å². The highest BCUT2D eigenvalue weighted by atomic mass is 28.3. The molecule has 1 heterocycles. The summed E-state index contributed by atoms with van der Waals surface area (Å²) in [7, 11) is -1.93. The Kier molecular flexibility index (Phi) is 9.01. The maximum absolute atomic E-state index is 14.8. The zero-order valence-electron chi connectivity index (χ0n) is 21.0. The maximum Gasteiger partial charge on any atom is 0.303 e. The summed E-state index contributed by atoms with van der Waals surface area (Å²) < 4.78 is 45.0. The van der Waals surface area contributed by atoms with Crippen molar-refractivity contribution >= 4 is 36.7 Å². The van der Waals surface area contributed by atoms with Gasteiger partial charge < -0.3 is 20.1 Å². The predicted molar refractivity (Wildman–Crippen MR) is 136 cm³/mol. The number of fused-ring (bicyclic) bond motifs is 1. The van der Waals surface area contributed by atoms with E-state index in [1.807, 2.05) is 19.6 Å². The molecule has 2 N–H and O–H groups in total. The van der Waals surface area contributed by atoms with Crippen LogP contribution in [0.5, 0.6) is 5.75 Å². The van der Waals surface area contributed by atoms with Crippen LogP contribution in [0.2, 0.25) is 19.6 Å². The Morgan fingerprint density at radius 1 is 1.14 bits per heavy atom. The third kappa shape index (κ3) is 7.34. The number of anilines is 1. The van der Waals surface area contributed by atoms with Crippen molar-refractivity contribution in [2.24, 2.45) is 0 Å². The van der Waals surface area contributed by atoms with Crippen LogP contribution in [0.4, 0.5) is 18.9 Å². The molecule has 1 atom stereocenters. The number of alkyl halides is 2. The van der Waals surface area contributed by atoms with Gasteiger partial charge in [0.1, 0.15) is 24.2 Å². The number of aliphatic carboxylic acids is 1. The highest BCUT2D eigenvalue weighted by Crippen LogP contribution is 2.34. The van der Waals surface area contributed by atoms with Gasteiger partial charge in [-0.05, 0) is 53.4 Å². The number of rotatable bonds is 10. The van der Waals surface area contributed by atoms with Gasteiger partial charge in [-0.25, -0.2) is 13.2 Å². The molecule has 0 saturated heterocycles. The van der Waals surface area contributed by atoms with Crippen LogP contribution in [0.25, 0.3) is 0 Å². The monoisotopic (exact) mass is 536 g/mol. The second-order valence-electron chi connectivity index (χ2n) is 9.98. The van der Waals surface area contributed by atoms with Crippen LogP contribution in [0.15, 0.2) is 36.4 Å². The SMILES string of the molecule is C[Si](C)(C)c1ccc(NC(=O)C2c3ccc(OCC(F)F)cc3CCN2C(=O)CCCC(=O)O)cc1F. The van der Waals surface area contributed by atoms with Crippen molar-refractivity contribution in [1.29, 1.82) is 0 Å². The summed E-state index contributed by atoms with van der Waals surface area (Å²) in [5, 5.41) is 12.2. The molecule has 0 bridgehead atoms. The van der Waals surface area contributed by atoms with E-state index in [-0.39, 0.29) is 43.2 Å². The minimum atomic E-state index is -2.64. The molecule has 11 heteroatoms. The first-order valence-electron chi connectivity index (χ1n) is 12.0. The van der Waals surface area contributed by atoms with Gasteiger partial charge in [0, 0.05) is 25.1 Å². The number of hydrogen-bond donors (Lipinski definition) is 2. The van der Waals surface area contributed by atoms with Crippen molar-refractivity contribution in [3.63, 3.8) is 0 Å². The van der Waals surface area contributed by atoms with E-state index in [9.17, 15) is 27.6 Å². The highest BCUT2D eigenvalue weighted by molar-refractivity contribution is 6.88. The van der Waals surface area contributed by atoms with E-state index < -0.39 is 44.8 Å². The first-order valence-corrected chi connectivity index (χ1v) is 15.5. The van der Waals surface area contributed by atoms with Gasteiger partial charge in [-0.2, -0.15) is 0 Å². The third-order valence-electron chi connectivity index (χ3n) is 6.11. The van der Waals surface area contributed by atoms with Crippen molar-refractivity contribution in [1.82, 2.24) is 4.90 Å². The molecule has 3 rings (SSSR count). The van der Waals surface area contributed by atoms with E-state index in [1.165, 1.54) is 17.0 Å². The molecule has 0 aliphatic carbocycles. The zero-order valence-corrected chi connectivity index (χ0v) is 22.0. The highest BCUT2D eigenvalue weighted by Gasteiger charge is 2.36. The topological polar surface area (TPSA) is 95.9 Å². The quantitative estimate of drug-likeness (QED) is 0.441. The lowest BCUT2D eigenvalue weighted by atomic mass is 9.91. The van der Waals surface area contributed by atoms with Gasteiger partial charge in [-0.15, -0.1) is 0 Å². The Labute approximate surface area is 214 Å². The van der Waals surface area contributed by atoms with Crippen LogP contribution in [0, 0.1) is 5.82 Å². The predicted octanol–water partition coefficient (Wildman–Crippen LogP) is 4.33. The van der Waals surface area contributed by atoms with E-state index in [1.54, 1.807) is 24.3 Å². The fourth-order valence-electron chi connectivity index (χ4n) is 4.35. The Hall–Kier alpha value is -3.34. The van der Waals surface area contributed by atoms with Gasteiger partial charge >= 0.3 is 5.97 Å². The molecule has 0 fully saturated rings. The number of carboxylic acid groups (broad SMARTS) is 1. The molecular weight excluding hydrogens is 505 g/mol. The van der Waals surface area contributed by atoms with Gasteiger partial charge in [0.15, 0.2) is 0 Å². The van der Waals surface area contributed by atoms with Gasteiger partial charge in [0.05, 0.1) is 8.07 Å². The molecule has 0 spiro atoms. The van der Waals surface area contributed by atoms with E-state index in [0.717, 1.165) is 0 Å². The van der Waals surface area contributed by atoms with Crippen LogP contribution in [-0.2, 0) is 20.8 Å². The van der Waals surface area contributed by atoms with Crippen molar-refractivity contribution in [2.45, 2.75) is 57.8 Å². The summed E-state index contributed by atoms with van der Waals surface area (Å²) in [6.07, 6.45) is -2.40. The number of amides is 2. The van der Waals surface area contributed by atoms with Crippen molar-refractivity contribution in [3.05, 3.63) is 53.3 Å². The van der Waals surface area contributed by atoms with Gasteiger partial charge in [-0.3, -0.25) is 14.4 Å². The Balaban J connectivity index is 1.89. The fourth-order valence-corrected chi connectivity index (χ4v) is 5.72. The molecule has 37 heavy (non-hydrogen) atoms. The lowest BCUT2D eigenvalue weighted by molar-refractivity contribution is -0.140. The van der Waals surface area contributed by atoms with Crippen molar-refractivity contribution in [2.75, 3.05) is 18.5 Å². The van der Waals surface area contributed by atoms with Crippen LogP contribution in [-0.4, -0.2) is 55.4 Å². The van der Waals surface area contributed by atoms with Crippen LogP contribution in [0.3, 0.4) is 0 Å². The van der Waals surface area contributed by atoms with Gasteiger partial charge in [0.25, 0.3) is 12.3 Å². The Bertz CT molecular complexity index is 1170. The Morgan fingerprint density at radius 3 is 2.49 bits per heavy atom. The molecule has 1 aliphatic rings. The van der Waals surface area contributed by atoms with E-state index in [2.05, 4.69) is 5.32 Å². The standard InChI is InChI=1S/C26H31F3N2O5Si/c1-37(2,3)21-10-7-17(14-20(21)27)30-26(35)25-19-9-8-18(36-15-22(28)29)13-16(19)11-12-31(25)23(32)5-4-6-24(33)34/h7-10,13-14,22,25H,4-6,11-12,15H2,1-3H3,(H,30,35)(H,33,34). The molecule has 0 aromatic heterocycles. The molecule has 2 amide bonds. The first-order chi connectivity index (χ1) is 17.4. The largest absolute Gasteiger partial charge is 0.488 e. The number of benzene rings is 2. The number of nitrogens with zero attached hydrogens (tertiary/aromatic N) is 1. The maximum atomic E-state index is 14.8. The van der Waals surface area contributed by atoms with Crippen LogP contribution < -0.4 is 15.2 Å². The molecule has 0 saturated carbocycles. The summed E-state index contributed by atoms with van der Waals surface area (Å²) >= 11 is 0. The number of ether oxygens (including phenoxy) is 1. The zero-order chi connectivity index (χ0) is 27.3. The molecule has 200 valence electrons. The number of carbonyl (C=O) groups excluding carboxylic acids is 2. The molecule has 2 aromatic carbocycles. The summed E-state index contributed by atoms with van der Waals surface area (Å²) in [5.41, 5.74) is 1.41. The van der Waals surface area contributed by atoms with Crippen LogP contribution in [0.1, 0.15) is 36.4 Å². The third-order valence-corrected chi connectivity index (χ3v) is 8.13. The number of hydrogen-bond acceptors (Lipinski definition) is 4. The smallest absolute Gasteiger partial charge is 0.303 e. The second kappa shape index (κ2) is 11.8. The molecule has 1 aliphatic heterocycles. The van der Waals surface area contributed by atoms with Gasteiger partial charge in [-0.1, -0.05) is 31.8 Å². The molecule has 2 aromatic rings. The number of carboxylic acids is 1. The number of nitrogens with one attached hydrogen (secondary N) is 1. The van der Waals surface area contributed by atoms with Crippen molar-refractivity contribution < 1.29 is 37.4 Å².